The molecular weight excluding hydrogens is 414 g/mol. The fourth-order valence-corrected chi connectivity index (χ4v) is 3.69. The second kappa shape index (κ2) is 9.56. The van der Waals surface area contributed by atoms with E-state index < -0.39 is 0 Å². The van der Waals surface area contributed by atoms with Gasteiger partial charge in [-0.15, -0.1) is 0 Å². The van der Waals surface area contributed by atoms with E-state index in [-0.39, 0.29) is 12.5 Å². The second-order valence-electron chi connectivity index (χ2n) is 8.00. The highest BCUT2D eigenvalue weighted by atomic mass is 16.5. The molecule has 2 aromatic heterocycles. The Morgan fingerprint density at radius 3 is 2.61 bits per heavy atom. The van der Waals surface area contributed by atoms with Gasteiger partial charge in [-0.2, -0.15) is 5.10 Å². The number of nitrogens with one attached hydrogen (secondary N) is 1. The third-order valence-electron chi connectivity index (χ3n) is 5.41. The summed E-state index contributed by atoms with van der Waals surface area (Å²) in [4.78, 5) is 18.6. The van der Waals surface area contributed by atoms with E-state index in [1.807, 2.05) is 64.3 Å². The minimum absolute atomic E-state index is 0.167. The summed E-state index contributed by atoms with van der Waals surface area (Å²) in [6.07, 6.45) is 1.65. The molecule has 0 aliphatic carbocycles. The molecule has 0 aliphatic rings. The van der Waals surface area contributed by atoms with E-state index in [0.29, 0.717) is 5.88 Å². The van der Waals surface area contributed by atoms with Crippen LogP contribution in [0.4, 0.5) is 5.69 Å². The van der Waals surface area contributed by atoms with Crippen LogP contribution >= 0.6 is 0 Å². The summed E-state index contributed by atoms with van der Waals surface area (Å²) in [5, 5.41) is 5.12. The normalized spacial score (nSPS) is 11.2. The van der Waals surface area contributed by atoms with E-state index in [9.17, 15) is 4.79 Å². The molecule has 7 nitrogen and oxygen atoms in total. The number of aryl methyl sites for hydroxylation is 1. The maximum absolute atomic E-state index is 12.1. The third-order valence-corrected chi connectivity index (χ3v) is 5.41. The summed E-state index contributed by atoms with van der Waals surface area (Å²) < 4.78 is 7.67. The van der Waals surface area contributed by atoms with Gasteiger partial charge in [0.2, 0.25) is 5.88 Å². The number of amides is 1. The lowest BCUT2D eigenvalue weighted by Gasteiger charge is -2.14. The Hall–Kier alpha value is -4.13. The van der Waals surface area contributed by atoms with E-state index in [1.54, 1.807) is 12.3 Å². The van der Waals surface area contributed by atoms with Crippen molar-refractivity contribution in [3.63, 3.8) is 0 Å². The van der Waals surface area contributed by atoms with E-state index >= 15 is 0 Å². The van der Waals surface area contributed by atoms with Gasteiger partial charge in [0.15, 0.2) is 6.61 Å². The maximum atomic E-state index is 12.1. The fraction of sp³-hybridized carbons (Fsp3) is 0.192. The number of carbonyl (C=O) groups excluding carboxylic acids is 1. The molecule has 1 amide bonds. The van der Waals surface area contributed by atoms with E-state index in [1.165, 1.54) is 0 Å². The van der Waals surface area contributed by atoms with Crippen molar-refractivity contribution in [2.45, 2.75) is 13.8 Å². The lowest BCUT2D eigenvalue weighted by molar-refractivity contribution is -0.123. The van der Waals surface area contributed by atoms with Gasteiger partial charge in [-0.3, -0.25) is 4.79 Å². The molecule has 2 aromatic carbocycles. The average molecular weight is 442 g/mol. The fourth-order valence-electron chi connectivity index (χ4n) is 3.69. The number of benzene rings is 2. The zero-order valence-corrected chi connectivity index (χ0v) is 19.2. The number of fused-ring (bicyclic) bond motifs is 1. The largest absolute Gasteiger partial charge is 0.467 e. The van der Waals surface area contributed by atoms with E-state index in [0.717, 1.165) is 39.2 Å². The van der Waals surface area contributed by atoms with Crippen LogP contribution in [0.1, 0.15) is 17.0 Å². The van der Waals surface area contributed by atoms with Crippen LogP contribution in [-0.4, -0.2) is 42.4 Å². The molecule has 0 fully saturated rings. The van der Waals surface area contributed by atoms with Gasteiger partial charge in [0.1, 0.15) is 0 Å². The van der Waals surface area contributed by atoms with E-state index in [4.69, 9.17) is 4.74 Å². The van der Waals surface area contributed by atoms with Crippen molar-refractivity contribution in [2.24, 2.45) is 5.10 Å². The first-order valence-corrected chi connectivity index (χ1v) is 10.7. The van der Waals surface area contributed by atoms with Crippen LogP contribution in [0.5, 0.6) is 5.88 Å². The number of anilines is 1. The van der Waals surface area contributed by atoms with Gasteiger partial charge < -0.3 is 14.2 Å². The molecular formula is C26H27N5O2. The Kier molecular flexibility index (Phi) is 6.40. The SMILES string of the molecule is Cc1cc(/C=N\NC(=O)COc2ccc3ccccc3n2)c(C)n1-c1ccc(N(C)C)cc1. The number of ether oxygens (including phenoxy) is 1. The molecule has 0 aliphatic heterocycles. The Balaban J connectivity index is 1.37. The summed E-state index contributed by atoms with van der Waals surface area (Å²) >= 11 is 0. The monoisotopic (exact) mass is 441 g/mol. The van der Waals surface area contributed by atoms with Gasteiger partial charge in [-0.25, -0.2) is 10.4 Å². The predicted octanol–water partition coefficient (Wildman–Crippen LogP) is 4.24. The number of nitrogens with zero attached hydrogens (tertiary/aromatic N) is 4. The molecule has 0 radical (unpaired) electrons. The third kappa shape index (κ3) is 5.03. The quantitative estimate of drug-likeness (QED) is 0.344. The molecule has 2 heterocycles. The van der Waals surface area contributed by atoms with Gasteiger partial charge in [0.05, 0.1) is 11.7 Å². The van der Waals surface area contributed by atoms with Crippen LogP contribution < -0.4 is 15.1 Å². The van der Waals surface area contributed by atoms with Crippen molar-refractivity contribution < 1.29 is 9.53 Å². The van der Waals surface area contributed by atoms with Gasteiger partial charge in [-0.1, -0.05) is 18.2 Å². The standard InChI is InChI=1S/C26H27N5O2/c1-18-15-21(19(2)31(18)23-12-10-22(11-13-23)30(3)4)16-27-29-25(32)17-33-26-14-9-20-7-5-6-8-24(20)28-26/h5-16H,17H2,1-4H3,(H,29,32)/b27-16-. The molecule has 0 saturated carbocycles. The molecule has 4 rings (SSSR count). The Bertz CT molecular complexity index is 1310. The number of aromatic nitrogens is 2. The summed E-state index contributed by atoms with van der Waals surface area (Å²) in [6, 6.07) is 21.8. The summed E-state index contributed by atoms with van der Waals surface area (Å²) in [5.74, 6) is 0.0472. The van der Waals surface area contributed by atoms with E-state index in [2.05, 4.69) is 49.2 Å². The number of rotatable bonds is 7. The van der Waals surface area contributed by atoms with Crippen molar-refractivity contribution in [3.8, 4) is 11.6 Å². The lowest BCUT2D eigenvalue weighted by atomic mass is 10.2. The molecule has 0 bridgehead atoms. The van der Waals surface area contributed by atoms with Crippen LogP contribution in [0.15, 0.2) is 71.8 Å². The van der Waals surface area contributed by atoms with Crippen molar-refractivity contribution in [3.05, 3.63) is 83.7 Å². The number of hydrogen-bond acceptors (Lipinski definition) is 5. The first kappa shape index (κ1) is 22.1. The van der Waals surface area contributed by atoms with Crippen molar-refractivity contribution in [1.82, 2.24) is 15.0 Å². The minimum atomic E-state index is -0.353. The minimum Gasteiger partial charge on any atom is -0.467 e. The number of para-hydroxylation sites is 1. The lowest BCUT2D eigenvalue weighted by Crippen LogP contribution is -2.24. The molecule has 33 heavy (non-hydrogen) atoms. The van der Waals surface area contributed by atoms with Crippen molar-refractivity contribution >= 4 is 28.7 Å². The van der Waals surface area contributed by atoms with Gasteiger partial charge in [0, 0.05) is 53.9 Å². The summed E-state index contributed by atoms with van der Waals surface area (Å²) in [5.41, 5.74) is 8.62. The number of pyridine rings is 1. The van der Waals surface area contributed by atoms with Gasteiger partial charge in [0.25, 0.3) is 5.91 Å². The topological polar surface area (TPSA) is 71.7 Å². The first-order valence-electron chi connectivity index (χ1n) is 10.7. The second-order valence-corrected chi connectivity index (χ2v) is 8.00. The van der Waals surface area contributed by atoms with Crippen LogP contribution in [0.2, 0.25) is 0 Å². The predicted molar refractivity (Wildman–Crippen MR) is 133 cm³/mol. The number of hydrazone groups is 1. The number of hydrogen-bond donors (Lipinski definition) is 1. The van der Waals surface area contributed by atoms with Gasteiger partial charge >= 0.3 is 0 Å². The molecule has 168 valence electrons. The molecule has 1 N–H and O–H groups in total. The zero-order valence-electron chi connectivity index (χ0n) is 19.2. The molecule has 0 spiro atoms. The summed E-state index contributed by atoms with van der Waals surface area (Å²) in [7, 11) is 4.04. The Morgan fingerprint density at radius 1 is 1.09 bits per heavy atom. The highest BCUT2D eigenvalue weighted by Gasteiger charge is 2.10. The highest BCUT2D eigenvalue weighted by Crippen LogP contribution is 2.22. The van der Waals surface area contributed by atoms with Crippen LogP contribution in [0.3, 0.4) is 0 Å². The smallest absolute Gasteiger partial charge is 0.278 e. The zero-order chi connectivity index (χ0) is 23.4. The highest BCUT2D eigenvalue weighted by molar-refractivity contribution is 5.84. The van der Waals surface area contributed by atoms with Gasteiger partial charge in [-0.05, 0) is 56.3 Å². The molecule has 4 aromatic rings. The molecule has 0 atom stereocenters. The van der Waals surface area contributed by atoms with Crippen LogP contribution in [0.25, 0.3) is 16.6 Å². The molecule has 0 saturated heterocycles. The first-order chi connectivity index (χ1) is 15.9. The molecule has 7 heteroatoms. The van der Waals surface area contributed by atoms with Crippen LogP contribution in [-0.2, 0) is 4.79 Å². The average Bonchev–Trinajstić information content (AvgIpc) is 3.10. The summed E-state index contributed by atoms with van der Waals surface area (Å²) in [6.45, 7) is 3.91. The Labute approximate surface area is 193 Å². The maximum Gasteiger partial charge on any atom is 0.278 e. The van der Waals surface area contributed by atoms with Crippen molar-refractivity contribution in [1.29, 1.82) is 0 Å². The Morgan fingerprint density at radius 2 is 1.85 bits per heavy atom. The van der Waals surface area contributed by atoms with Crippen LogP contribution in [0, 0.1) is 13.8 Å². The number of carbonyl (C=O) groups is 1. The van der Waals surface area contributed by atoms with Crippen molar-refractivity contribution in [2.75, 3.05) is 25.6 Å². The molecule has 0 unspecified atom stereocenters.